The first kappa shape index (κ1) is 9.93. The van der Waals surface area contributed by atoms with E-state index in [1.807, 2.05) is 0 Å². The third-order valence-corrected chi connectivity index (χ3v) is 6.36. The van der Waals surface area contributed by atoms with Crippen LogP contribution < -0.4 is 0 Å². The van der Waals surface area contributed by atoms with Crippen LogP contribution in [0.25, 0.3) is 0 Å². The number of hydrogen-bond donors (Lipinski definition) is 0. The number of allylic oxidation sites excluding steroid dienone is 2. The SMILES string of the molecule is CC1=C(C)C23CC[C@@H](C)[C@@H]2CC[C@@]3(C)C1. The standard InChI is InChI=1S/C15H24/c1-10-5-8-15-12(3)11(2)9-14(15,4)7-6-13(10)15/h10,13H,5-9H2,1-4H3/t10-,13+,14+,15?/m1/s1. The van der Waals surface area contributed by atoms with E-state index in [1.54, 1.807) is 11.1 Å². The zero-order valence-electron chi connectivity index (χ0n) is 10.7. The molecule has 0 bridgehead atoms. The van der Waals surface area contributed by atoms with Gasteiger partial charge in [-0.1, -0.05) is 25.0 Å². The van der Waals surface area contributed by atoms with Crippen molar-refractivity contribution in [3.05, 3.63) is 11.1 Å². The fourth-order valence-electron chi connectivity index (χ4n) is 5.57. The third kappa shape index (κ3) is 0.905. The maximum Gasteiger partial charge on any atom is -0.0000629 e. The molecule has 2 fully saturated rings. The largest absolute Gasteiger partial charge is 0.0732 e. The zero-order chi connectivity index (χ0) is 10.8. The summed E-state index contributed by atoms with van der Waals surface area (Å²) in [6.45, 7) is 9.89. The average Bonchev–Trinajstić information content (AvgIpc) is 2.70. The number of hydrogen-bond acceptors (Lipinski definition) is 0. The van der Waals surface area contributed by atoms with Crippen molar-refractivity contribution in [3.63, 3.8) is 0 Å². The number of rotatable bonds is 0. The Balaban J connectivity index is 2.14. The van der Waals surface area contributed by atoms with Gasteiger partial charge in [0.05, 0.1) is 0 Å². The lowest BCUT2D eigenvalue weighted by Gasteiger charge is -2.41. The summed E-state index contributed by atoms with van der Waals surface area (Å²) in [5.41, 5.74) is 4.78. The molecule has 0 aromatic heterocycles. The van der Waals surface area contributed by atoms with Crippen LogP contribution in [0.4, 0.5) is 0 Å². The fraction of sp³-hybridized carbons (Fsp3) is 0.867. The van der Waals surface area contributed by atoms with Gasteiger partial charge in [-0.3, -0.25) is 0 Å². The molecule has 0 heterocycles. The molecular formula is C15H24. The lowest BCUT2D eigenvalue weighted by molar-refractivity contribution is 0.125. The van der Waals surface area contributed by atoms with Crippen molar-refractivity contribution in [1.29, 1.82) is 0 Å². The van der Waals surface area contributed by atoms with Crippen molar-refractivity contribution in [3.8, 4) is 0 Å². The molecule has 3 aliphatic rings. The summed E-state index contributed by atoms with van der Waals surface area (Å²) in [6, 6.07) is 0. The van der Waals surface area contributed by atoms with E-state index >= 15 is 0 Å². The average molecular weight is 204 g/mol. The minimum Gasteiger partial charge on any atom is -0.0732 e. The van der Waals surface area contributed by atoms with Crippen LogP contribution in [0.3, 0.4) is 0 Å². The maximum absolute atomic E-state index is 2.57. The summed E-state index contributed by atoms with van der Waals surface area (Å²) in [5.74, 6) is 1.99. The Hall–Kier alpha value is -0.260. The Labute approximate surface area is 94.1 Å². The van der Waals surface area contributed by atoms with Crippen LogP contribution >= 0.6 is 0 Å². The molecule has 0 aliphatic heterocycles. The molecule has 3 rings (SSSR count). The van der Waals surface area contributed by atoms with Crippen molar-refractivity contribution in [2.75, 3.05) is 0 Å². The minimum atomic E-state index is 0.635. The molecule has 0 heteroatoms. The van der Waals surface area contributed by atoms with Crippen LogP contribution in [0.15, 0.2) is 11.1 Å². The fourth-order valence-corrected chi connectivity index (χ4v) is 5.57. The van der Waals surface area contributed by atoms with E-state index in [2.05, 4.69) is 27.7 Å². The highest BCUT2D eigenvalue weighted by molar-refractivity contribution is 5.36. The minimum absolute atomic E-state index is 0.635. The first-order valence-corrected chi connectivity index (χ1v) is 6.68. The van der Waals surface area contributed by atoms with Gasteiger partial charge in [0, 0.05) is 0 Å². The van der Waals surface area contributed by atoms with Crippen molar-refractivity contribution in [2.45, 2.75) is 59.8 Å². The molecule has 0 nitrogen and oxygen atoms in total. The van der Waals surface area contributed by atoms with Crippen molar-refractivity contribution in [1.82, 2.24) is 0 Å². The predicted octanol–water partition coefficient (Wildman–Crippen LogP) is 4.56. The summed E-state index contributed by atoms with van der Waals surface area (Å²) < 4.78 is 0. The summed E-state index contributed by atoms with van der Waals surface area (Å²) in [6.07, 6.45) is 7.34. The molecule has 0 aromatic rings. The van der Waals surface area contributed by atoms with Crippen LogP contribution in [0.2, 0.25) is 0 Å². The molecular weight excluding hydrogens is 180 g/mol. The lowest BCUT2D eigenvalue weighted by atomic mass is 9.63. The van der Waals surface area contributed by atoms with Gasteiger partial charge < -0.3 is 0 Å². The monoisotopic (exact) mass is 204 g/mol. The van der Waals surface area contributed by atoms with Crippen LogP contribution in [-0.4, -0.2) is 0 Å². The molecule has 0 saturated heterocycles. The quantitative estimate of drug-likeness (QED) is 0.507. The van der Waals surface area contributed by atoms with Crippen LogP contribution in [0.5, 0.6) is 0 Å². The van der Waals surface area contributed by atoms with Gasteiger partial charge in [0.1, 0.15) is 0 Å². The highest BCUT2D eigenvalue weighted by atomic mass is 14.7. The molecule has 4 atom stereocenters. The van der Waals surface area contributed by atoms with Gasteiger partial charge in [-0.15, -0.1) is 0 Å². The van der Waals surface area contributed by atoms with Gasteiger partial charge in [0.15, 0.2) is 0 Å². The van der Waals surface area contributed by atoms with Gasteiger partial charge in [-0.05, 0) is 68.6 Å². The molecule has 2 saturated carbocycles. The molecule has 1 unspecified atom stereocenters. The second-order valence-corrected chi connectivity index (χ2v) is 6.78. The third-order valence-electron chi connectivity index (χ3n) is 6.36. The van der Waals surface area contributed by atoms with Crippen LogP contribution in [-0.2, 0) is 0 Å². The highest BCUT2D eigenvalue weighted by Crippen LogP contribution is 2.73. The summed E-state index contributed by atoms with van der Waals surface area (Å²) in [5, 5.41) is 0. The van der Waals surface area contributed by atoms with Gasteiger partial charge in [0.2, 0.25) is 0 Å². The van der Waals surface area contributed by atoms with Gasteiger partial charge in [0.25, 0.3) is 0 Å². The van der Waals surface area contributed by atoms with E-state index in [4.69, 9.17) is 0 Å². The molecule has 0 aromatic carbocycles. The molecule has 0 radical (unpaired) electrons. The molecule has 0 amide bonds. The lowest BCUT2D eigenvalue weighted by Crippen LogP contribution is -2.34. The van der Waals surface area contributed by atoms with E-state index in [0.29, 0.717) is 10.8 Å². The molecule has 3 aliphatic carbocycles. The summed E-state index contributed by atoms with van der Waals surface area (Å²) in [7, 11) is 0. The Kier molecular flexibility index (Phi) is 1.79. The Morgan fingerprint density at radius 2 is 1.87 bits per heavy atom. The first-order valence-electron chi connectivity index (χ1n) is 6.68. The predicted molar refractivity (Wildman–Crippen MR) is 64.7 cm³/mol. The Bertz CT molecular complexity index is 338. The molecule has 1 spiro atoms. The maximum atomic E-state index is 2.57. The second kappa shape index (κ2) is 2.70. The van der Waals surface area contributed by atoms with Gasteiger partial charge in [-0.2, -0.15) is 0 Å². The van der Waals surface area contributed by atoms with E-state index in [1.165, 1.54) is 32.1 Å². The van der Waals surface area contributed by atoms with Crippen LogP contribution in [0, 0.1) is 22.7 Å². The van der Waals surface area contributed by atoms with Crippen molar-refractivity contribution < 1.29 is 0 Å². The topological polar surface area (TPSA) is 0 Å². The van der Waals surface area contributed by atoms with Gasteiger partial charge in [-0.25, -0.2) is 0 Å². The first-order chi connectivity index (χ1) is 7.01. The zero-order valence-corrected chi connectivity index (χ0v) is 10.7. The van der Waals surface area contributed by atoms with Crippen molar-refractivity contribution in [2.24, 2.45) is 22.7 Å². The highest BCUT2D eigenvalue weighted by Gasteiger charge is 2.64. The van der Waals surface area contributed by atoms with Crippen molar-refractivity contribution >= 4 is 0 Å². The Morgan fingerprint density at radius 1 is 1.13 bits per heavy atom. The van der Waals surface area contributed by atoms with E-state index < -0.39 is 0 Å². The van der Waals surface area contributed by atoms with Crippen LogP contribution in [0.1, 0.15) is 59.8 Å². The molecule has 15 heavy (non-hydrogen) atoms. The smallest absolute Gasteiger partial charge is 0.0000629 e. The second-order valence-electron chi connectivity index (χ2n) is 6.78. The van der Waals surface area contributed by atoms with E-state index in [9.17, 15) is 0 Å². The molecule has 84 valence electrons. The Morgan fingerprint density at radius 3 is 2.60 bits per heavy atom. The van der Waals surface area contributed by atoms with E-state index in [-0.39, 0.29) is 0 Å². The normalized spacial score (nSPS) is 53.6. The van der Waals surface area contributed by atoms with E-state index in [0.717, 1.165) is 11.8 Å². The summed E-state index contributed by atoms with van der Waals surface area (Å²) in [4.78, 5) is 0. The molecule has 0 N–H and O–H groups in total. The summed E-state index contributed by atoms with van der Waals surface area (Å²) >= 11 is 0. The van der Waals surface area contributed by atoms with Gasteiger partial charge >= 0.3 is 0 Å².